The summed E-state index contributed by atoms with van der Waals surface area (Å²) in [6.07, 6.45) is 7.19. The van der Waals surface area contributed by atoms with Crippen LogP contribution in [0.5, 0.6) is 0 Å². The van der Waals surface area contributed by atoms with E-state index in [1.54, 1.807) is 12.3 Å². The minimum absolute atomic E-state index is 0.619. The zero-order valence-corrected chi connectivity index (χ0v) is 14.1. The Morgan fingerprint density at radius 2 is 1.76 bits per heavy atom. The first-order valence-corrected chi connectivity index (χ1v) is 8.03. The lowest BCUT2D eigenvalue weighted by molar-refractivity contribution is 1.40. The first-order chi connectivity index (χ1) is 12.1. The van der Waals surface area contributed by atoms with Crippen LogP contribution < -0.4 is 5.73 Å². The minimum atomic E-state index is 0.619. The minimum Gasteiger partial charge on any atom is -0.396 e. The van der Waals surface area contributed by atoms with E-state index in [-0.39, 0.29) is 0 Å². The Hall–Kier alpha value is -3.39. The predicted molar refractivity (Wildman–Crippen MR) is 109 cm³/mol. The van der Waals surface area contributed by atoms with Gasteiger partial charge in [-0.1, -0.05) is 80.4 Å². The second-order valence-corrected chi connectivity index (χ2v) is 5.75. The molecular formula is C23H20N2. The molecule has 3 aromatic rings. The van der Waals surface area contributed by atoms with E-state index in [2.05, 4.69) is 36.9 Å². The van der Waals surface area contributed by atoms with Crippen LogP contribution in [0, 0.1) is 0 Å². The van der Waals surface area contributed by atoms with Crippen molar-refractivity contribution in [1.82, 2.24) is 4.98 Å². The number of anilines is 1. The third kappa shape index (κ3) is 3.15. The van der Waals surface area contributed by atoms with Gasteiger partial charge in [0.2, 0.25) is 0 Å². The van der Waals surface area contributed by atoms with Crippen LogP contribution in [0.25, 0.3) is 27.6 Å². The Bertz CT molecular complexity index is 995. The van der Waals surface area contributed by atoms with E-state index in [0.29, 0.717) is 5.69 Å². The third-order valence-electron chi connectivity index (χ3n) is 4.18. The van der Waals surface area contributed by atoms with Crippen molar-refractivity contribution in [2.45, 2.75) is 0 Å². The van der Waals surface area contributed by atoms with Gasteiger partial charge in [-0.05, 0) is 28.3 Å². The molecule has 25 heavy (non-hydrogen) atoms. The second-order valence-electron chi connectivity index (χ2n) is 5.75. The van der Waals surface area contributed by atoms with Gasteiger partial charge in [-0.2, -0.15) is 0 Å². The maximum absolute atomic E-state index is 6.42. The number of nitrogen functional groups attached to an aromatic ring is 1. The zero-order valence-electron chi connectivity index (χ0n) is 14.1. The summed E-state index contributed by atoms with van der Waals surface area (Å²) in [6.45, 7) is 11.8. The number of hydrogen-bond acceptors (Lipinski definition) is 2. The molecule has 0 spiro atoms. The molecule has 0 saturated heterocycles. The summed E-state index contributed by atoms with van der Waals surface area (Å²) in [4.78, 5) is 4.50. The molecule has 0 fully saturated rings. The molecule has 0 bridgehead atoms. The van der Waals surface area contributed by atoms with Crippen molar-refractivity contribution in [3.8, 4) is 11.1 Å². The van der Waals surface area contributed by atoms with Crippen LogP contribution in [0.4, 0.5) is 5.69 Å². The van der Waals surface area contributed by atoms with Crippen molar-refractivity contribution in [3.05, 3.63) is 104 Å². The van der Waals surface area contributed by atoms with E-state index in [9.17, 15) is 0 Å². The van der Waals surface area contributed by atoms with Crippen LogP contribution in [-0.4, -0.2) is 4.98 Å². The number of aromatic nitrogens is 1. The molecule has 2 aromatic carbocycles. The van der Waals surface area contributed by atoms with Crippen LogP contribution >= 0.6 is 0 Å². The van der Waals surface area contributed by atoms with Crippen molar-refractivity contribution in [2.24, 2.45) is 0 Å². The highest BCUT2D eigenvalue weighted by atomic mass is 14.7. The van der Waals surface area contributed by atoms with E-state index < -0.39 is 0 Å². The van der Waals surface area contributed by atoms with Gasteiger partial charge in [-0.3, -0.25) is 4.98 Å². The third-order valence-corrected chi connectivity index (χ3v) is 4.18. The van der Waals surface area contributed by atoms with Crippen molar-refractivity contribution in [3.63, 3.8) is 0 Å². The Balaban J connectivity index is 2.13. The number of fused-ring (bicyclic) bond motifs is 1. The summed E-state index contributed by atoms with van der Waals surface area (Å²) < 4.78 is 0. The fourth-order valence-corrected chi connectivity index (χ4v) is 2.83. The molecule has 122 valence electrons. The molecule has 2 N–H and O–H groups in total. The maximum atomic E-state index is 6.42. The van der Waals surface area contributed by atoms with Crippen LogP contribution in [0.3, 0.4) is 0 Å². The van der Waals surface area contributed by atoms with Crippen LogP contribution in [-0.2, 0) is 0 Å². The molecule has 0 aliphatic carbocycles. The second kappa shape index (κ2) is 7.02. The quantitative estimate of drug-likeness (QED) is 0.476. The lowest BCUT2D eigenvalue weighted by Crippen LogP contribution is -1.98. The summed E-state index contributed by atoms with van der Waals surface area (Å²) in [7, 11) is 0. The van der Waals surface area contributed by atoms with Crippen molar-refractivity contribution in [2.75, 3.05) is 5.73 Å². The molecule has 0 saturated carbocycles. The highest BCUT2D eigenvalue weighted by Gasteiger charge is 2.12. The lowest BCUT2D eigenvalue weighted by Gasteiger charge is -2.13. The number of rotatable bonds is 5. The number of nitrogens with zero attached hydrogens (tertiary/aromatic N) is 1. The van der Waals surface area contributed by atoms with Crippen LogP contribution in [0.15, 0.2) is 98.3 Å². The standard InChI is InChI=1S/C23H20N2/c1-4-5-9-16(2)17(3)19-12-13-21-20(18-10-7-6-8-11-18)14-15-25-23(21)22(19)24/h4-15H,1-3,24H2/b9-5-. The summed E-state index contributed by atoms with van der Waals surface area (Å²) in [5.41, 5.74) is 12.5. The van der Waals surface area contributed by atoms with Gasteiger partial charge in [0.25, 0.3) is 0 Å². The van der Waals surface area contributed by atoms with E-state index in [0.717, 1.165) is 38.7 Å². The lowest BCUT2D eigenvalue weighted by atomic mass is 9.94. The van der Waals surface area contributed by atoms with Crippen molar-refractivity contribution < 1.29 is 0 Å². The molecule has 1 heterocycles. The topological polar surface area (TPSA) is 38.9 Å². The van der Waals surface area contributed by atoms with Gasteiger partial charge < -0.3 is 5.73 Å². The molecule has 0 amide bonds. The predicted octanol–water partition coefficient (Wildman–Crippen LogP) is 5.80. The molecule has 2 heteroatoms. The zero-order chi connectivity index (χ0) is 17.8. The SMILES string of the molecule is C=C/C=C\C(=C)C(=C)c1ccc2c(-c3ccccc3)ccnc2c1N. The average molecular weight is 324 g/mol. The summed E-state index contributed by atoms with van der Waals surface area (Å²) in [5.74, 6) is 0. The van der Waals surface area contributed by atoms with Crippen molar-refractivity contribution in [1.29, 1.82) is 0 Å². The summed E-state index contributed by atoms with van der Waals surface area (Å²) >= 11 is 0. The Labute approximate surface area is 148 Å². The Morgan fingerprint density at radius 3 is 2.48 bits per heavy atom. The molecule has 1 aromatic heterocycles. The average Bonchev–Trinajstić information content (AvgIpc) is 2.66. The van der Waals surface area contributed by atoms with Gasteiger partial charge in [0.15, 0.2) is 0 Å². The first-order valence-electron chi connectivity index (χ1n) is 8.03. The fourth-order valence-electron chi connectivity index (χ4n) is 2.83. The monoisotopic (exact) mass is 324 g/mol. The summed E-state index contributed by atoms with van der Waals surface area (Å²) in [5, 5.41) is 1.02. The van der Waals surface area contributed by atoms with E-state index >= 15 is 0 Å². The molecule has 0 radical (unpaired) electrons. The largest absolute Gasteiger partial charge is 0.396 e. The first kappa shape index (κ1) is 16.5. The van der Waals surface area contributed by atoms with Gasteiger partial charge >= 0.3 is 0 Å². The maximum Gasteiger partial charge on any atom is 0.0943 e. The van der Waals surface area contributed by atoms with Crippen LogP contribution in [0.2, 0.25) is 0 Å². The number of nitrogens with two attached hydrogens (primary N) is 1. The van der Waals surface area contributed by atoms with E-state index in [4.69, 9.17) is 5.73 Å². The highest BCUT2D eigenvalue weighted by Crippen LogP contribution is 2.35. The van der Waals surface area contributed by atoms with Crippen LogP contribution in [0.1, 0.15) is 5.56 Å². The highest BCUT2D eigenvalue weighted by molar-refractivity contribution is 6.04. The fraction of sp³-hybridized carbons (Fsp3) is 0. The molecule has 2 nitrogen and oxygen atoms in total. The number of pyridine rings is 1. The molecule has 0 unspecified atom stereocenters. The van der Waals surface area contributed by atoms with Gasteiger partial charge in [0.1, 0.15) is 0 Å². The molecule has 0 atom stereocenters. The van der Waals surface area contributed by atoms with Gasteiger partial charge in [0, 0.05) is 17.1 Å². The molecule has 0 aliphatic rings. The number of hydrogen-bond donors (Lipinski definition) is 1. The van der Waals surface area contributed by atoms with Gasteiger partial charge in [-0.15, -0.1) is 0 Å². The normalized spacial score (nSPS) is 10.9. The van der Waals surface area contributed by atoms with Gasteiger partial charge in [-0.25, -0.2) is 0 Å². The Morgan fingerprint density at radius 1 is 1.00 bits per heavy atom. The molecule has 3 rings (SSSR count). The van der Waals surface area contributed by atoms with E-state index in [1.807, 2.05) is 48.6 Å². The number of benzene rings is 2. The molecule has 0 aliphatic heterocycles. The van der Waals surface area contributed by atoms with Crippen molar-refractivity contribution >= 4 is 22.2 Å². The van der Waals surface area contributed by atoms with Gasteiger partial charge in [0.05, 0.1) is 11.2 Å². The smallest absolute Gasteiger partial charge is 0.0943 e. The number of allylic oxidation sites excluding steroid dienone is 5. The molecular weight excluding hydrogens is 304 g/mol. The van der Waals surface area contributed by atoms with E-state index in [1.165, 1.54) is 0 Å². The Kier molecular flexibility index (Phi) is 4.62. The summed E-state index contributed by atoms with van der Waals surface area (Å²) in [6, 6.07) is 16.3.